The molecule has 5 atom stereocenters. The maximum absolute atomic E-state index is 10.5. The van der Waals surface area contributed by atoms with Crippen molar-refractivity contribution in [1.82, 2.24) is 0 Å². The predicted molar refractivity (Wildman–Crippen MR) is 137 cm³/mol. The van der Waals surface area contributed by atoms with Gasteiger partial charge >= 0.3 is 0 Å². The summed E-state index contributed by atoms with van der Waals surface area (Å²) >= 11 is 2.06. The van der Waals surface area contributed by atoms with E-state index in [1.165, 1.54) is 24.8 Å². The van der Waals surface area contributed by atoms with E-state index in [2.05, 4.69) is 57.7 Å². The van der Waals surface area contributed by atoms with E-state index in [9.17, 15) is 15.3 Å². The predicted octanol–water partition coefficient (Wildman–Crippen LogP) is 6.33. The van der Waals surface area contributed by atoms with Crippen LogP contribution in [0.5, 0.6) is 0 Å². The molecule has 3 nitrogen and oxygen atoms in total. The molecule has 3 aliphatic carbocycles. The number of allylic oxidation sites excluding steroid dienone is 4. The first-order valence-corrected chi connectivity index (χ1v) is 14.0. The lowest BCUT2D eigenvalue weighted by Crippen LogP contribution is -2.33. The molecule has 3 rings (SSSR count). The first-order valence-electron chi connectivity index (χ1n) is 13.0. The van der Waals surface area contributed by atoms with Gasteiger partial charge in [-0.2, -0.15) is 11.8 Å². The molecule has 1 unspecified atom stereocenters. The second-order valence-electron chi connectivity index (χ2n) is 10.8. The smallest absolute Gasteiger partial charge is 0.0642 e. The fourth-order valence-electron chi connectivity index (χ4n) is 6.37. The molecule has 0 aromatic heterocycles. The molecule has 2 fully saturated rings. The van der Waals surface area contributed by atoms with Gasteiger partial charge in [0.25, 0.3) is 0 Å². The van der Waals surface area contributed by atoms with E-state index in [4.69, 9.17) is 0 Å². The summed E-state index contributed by atoms with van der Waals surface area (Å²) in [6.45, 7) is 9.04. The van der Waals surface area contributed by atoms with Gasteiger partial charge in [0.15, 0.2) is 0 Å². The summed E-state index contributed by atoms with van der Waals surface area (Å²) < 4.78 is 0. The molecule has 3 aliphatic rings. The van der Waals surface area contributed by atoms with Crippen molar-refractivity contribution < 1.29 is 15.3 Å². The summed E-state index contributed by atoms with van der Waals surface area (Å²) in [4.78, 5) is 0. The van der Waals surface area contributed by atoms with E-state index < -0.39 is 17.8 Å². The van der Waals surface area contributed by atoms with Gasteiger partial charge < -0.3 is 15.3 Å². The van der Waals surface area contributed by atoms with Crippen LogP contribution in [0.25, 0.3) is 0 Å². The zero-order chi connectivity index (χ0) is 23.4. The number of hydrogen-bond acceptors (Lipinski definition) is 4. The van der Waals surface area contributed by atoms with Gasteiger partial charge in [-0.25, -0.2) is 0 Å². The largest absolute Gasteiger partial charge is 0.393 e. The van der Waals surface area contributed by atoms with Crippen LogP contribution in [0.2, 0.25) is 0 Å². The Hall–Kier alpha value is -0.550. The monoisotopic (exact) mass is 462 g/mol. The quantitative estimate of drug-likeness (QED) is 0.277. The minimum absolute atomic E-state index is 0.258. The van der Waals surface area contributed by atoms with Gasteiger partial charge in [0.1, 0.15) is 0 Å². The van der Waals surface area contributed by atoms with Gasteiger partial charge in [0.05, 0.1) is 17.8 Å². The SMILES string of the molecule is CCC(O)(CC)CCCS[C@H](C)C1=CCC2/C(=C/C=C3C[C@@H](O)C[C@H](O)C3)CCC[C@]12C. The third-order valence-corrected chi connectivity index (χ3v) is 9.87. The molecular formula is C28H46O3S. The maximum Gasteiger partial charge on any atom is 0.0642 e. The molecule has 0 radical (unpaired) electrons. The van der Waals surface area contributed by atoms with Crippen molar-refractivity contribution >= 4 is 11.8 Å². The van der Waals surface area contributed by atoms with Crippen molar-refractivity contribution in [1.29, 1.82) is 0 Å². The summed E-state index contributed by atoms with van der Waals surface area (Å²) in [5, 5.41) is 31.1. The summed E-state index contributed by atoms with van der Waals surface area (Å²) in [6, 6.07) is 0. The molecule has 0 spiro atoms. The maximum atomic E-state index is 10.5. The molecule has 2 saturated carbocycles. The Morgan fingerprint density at radius 2 is 1.88 bits per heavy atom. The van der Waals surface area contributed by atoms with Crippen molar-refractivity contribution in [2.75, 3.05) is 5.75 Å². The highest BCUT2D eigenvalue weighted by Crippen LogP contribution is 2.56. The van der Waals surface area contributed by atoms with E-state index in [0.29, 0.717) is 30.4 Å². The average molecular weight is 463 g/mol. The molecule has 0 aromatic carbocycles. The Labute approximate surface area is 200 Å². The van der Waals surface area contributed by atoms with Crippen LogP contribution in [0.1, 0.15) is 98.3 Å². The zero-order valence-corrected chi connectivity index (χ0v) is 21.6. The molecule has 0 heterocycles. The van der Waals surface area contributed by atoms with Gasteiger partial charge in [0, 0.05) is 5.25 Å². The summed E-state index contributed by atoms with van der Waals surface area (Å²) in [5.74, 6) is 1.70. The zero-order valence-electron chi connectivity index (χ0n) is 20.8. The highest BCUT2D eigenvalue weighted by Gasteiger charge is 2.46. The number of fused-ring (bicyclic) bond motifs is 1. The molecule has 32 heavy (non-hydrogen) atoms. The van der Waals surface area contributed by atoms with Crippen molar-refractivity contribution in [3.8, 4) is 0 Å². The van der Waals surface area contributed by atoms with E-state index in [1.54, 1.807) is 11.1 Å². The Morgan fingerprint density at radius 1 is 1.19 bits per heavy atom. The van der Waals surface area contributed by atoms with E-state index >= 15 is 0 Å². The van der Waals surface area contributed by atoms with Crippen LogP contribution in [0, 0.1) is 11.3 Å². The molecule has 0 bridgehead atoms. The van der Waals surface area contributed by atoms with Crippen LogP contribution in [0.4, 0.5) is 0 Å². The van der Waals surface area contributed by atoms with Crippen LogP contribution in [-0.2, 0) is 0 Å². The molecule has 182 valence electrons. The fraction of sp³-hybridized carbons (Fsp3) is 0.786. The van der Waals surface area contributed by atoms with Gasteiger partial charge in [-0.05, 0) is 94.6 Å². The van der Waals surface area contributed by atoms with Crippen LogP contribution in [-0.4, -0.2) is 44.1 Å². The van der Waals surface area contributed by atoms with E-state index in [1.807, 2.05) is 0 Å². The van der Waals surface area contributed by atoms with Gasteiger partial charge in [0.2, 0.25) is 0 Å². The first kappa shape index (κ1) is 26.1. The first-order chi connectivity index (χ1) is 15.2. The molecule has 0 aliphatic heterocycles. The van der Waals surface area contributed by atoms with Crippen molar-refractivity contribution in [3.05, 3.63) is 34.9 Å². The number of hydrogen-bond donors (Lipinski definition) is 3. The molecular weight excluding hydrogens is 416 g/mol. The minimum Gasteiger partial charge on any atom is -0.393 e. The van der Waals surface area contributed by atoms with Gasteiger partial charge in [-0.3, -0.25) is 0 Å². The molecule has 0 aromatic rings. The molecule has 3 N–H and O–H groups in total. The van der Waals surface area contributed by atoms with Crippen LogP contribution in [0.3, 0.4) is 0 Å². The second-order valence-corrected chi connectivity index (χ2v) is 12.2. The minimum atomic E-state index is -0.477. The Kier molecular flexibility index (Phi) is 9.16. The number of rotatable bonds is 9. The van der Waals surface area contributed by atoms with Crippen LogP contribution < -0.4 is 0 Å². The van der Waals surface area contributed by atoms with Gasteiger partial charge in [-0.1, -0.05) is 55.7 Å². The summed E-state index contributed by atoms with van der Waals surface area (Å²) in [7, 11) is 0. The third-order valence-electron chi connectivity index (χ3n) is 8.59. The molecule has 4 heteroatoms. The average Bonchev–Trinajstić information content (AvgIpc) is 3.12. The van der Waals surface area contributed by atoms with Crippen molar-refractivity contribution in [2.24, 2.45) is 11.3 Å². The van der Waals surface area contributed by atoms with E-state index in [-0.39, 0.29) is 5.41 Å². The third kappa shape index (κ3) is 6.11. The normalized spacial score (nSPS) is 33.2. The van der Waals surface area contributed by atoms with Crippen molar-refractivity contribution in [2.45, 2.75) is 121 Å². The summed E-state index contributed by atoms with van der Waals surface area (Å²) in [6.07, 6.45) is 16.7. The highest BCUT2D eigenvalue weighted by molar-refractivity contribution is 8.00. The number of aliphatic hydroxyl groups excluding tert-OH is 2. The Balaban J connectivity index is 1.60. The lowest BCUT2D eigenvalue weighted by molar-refractivity contribution is 0.0232. The lowest BCUT2D eigenvalue weighted by atomic mass is 9.64. The highest BCUT2D eigenvalue weighted by atomic mass is 32.2. The topological polar surface area (TPSA) is 60.7 Å². The summed E-state index contributed by atoms with van der Waals surface area (Å²) in [5.41, 5.74) is 4.16. The number of thioether (sulfide) groups is 1. The van der Waals surface area contributed by atoms with Crippen LogP contribution in [0.15, 0.2) is 34.9 Å². The fourth-order valence-corrected chi connectivity index (χ4v) is 7.58. The van der Waals surface area contributed by atoms with E-state index in [0.717, 1.165) is 37.9 Å². The lowest BCUT2D eigenvalue weighted by Gasteiger charge is -2.42. The molecule has 0 amide bonds. The van der Waals surface area contributed by atoms with Crippen molar-refractivity contribution in [3.63, 3.8) is 0 Å². The second kappa shape index (κ2) is 11.3. The molecule has 0 saturated heterocycles. The Bertz CT molecular complexity index is 708. The number of aliphatic hydroxyl groups is 3. The standard InChI is InChI=1S/C28H46O3S/c1-5-28(31,6-2)15-8-16-32-20(3)25-12-13-26-22(9-7-14-27(25,26)4)11-10-21-17-23(29)19-24(30)18-21/h10-12,20,23-24,26,29-31H,5-9,13-19H2,1-4H3/b22-11+/t20-,23-,24-,26?,27-/m1/s1. The van der Waals surface area contributed by atoms with Gasteiger partial charge in [-0.15, -0.1) is 0 Å². The Morgan fingerprint density at radius 3 is 2.53 bits per heavy atom. The van der Waals surface area contributed by atoms with Crippen LogP contribution >= 0.6 is 11.8 Å².